The molecule has 3 heterocycles. The third-order valence-corrected chi connectivity index (χ3v) is 4.54. The zero-order valence-corrected chi connectivity index (χ0v) is 14.4. The first-order chi connectivity index (χ1) is 12.3. The fourth-order valence-electron chi connectivity index (χ4n) is 2.85. The highest BCUT2D eigenvalue weighted by atomic mass is 35.5. The third kappa shape index (κ3) is 4.24. The van der Waals surface area contributed by atoms with Gasteiger partial charge in [0.1, 0.15) is 5.82 Å². The van der Waals surface area contributed by atoms with Crippen molar-refractivity contribution in [3.05, 3.63) is 47.4 Å². The molecule has 2 aromatic rings. The molecule has 0 atom stereocenters. The predicted molar refractivity (Wildman–Crippen MR) is 92.1 cm³/mol. The van der Waals surface area contributed by atoms with E-state index in [0.29, 0.717) is 37.4 Å². The van der Waals surface area contributed by atoms with Crippen LogP contribution in [-0.4, -0.2) is 29.0 Å². The van der Waals surface area contributed by atoms with Crippen molar-refractivity contribution >= 4 is 29.0 Å². The molecule has 3 rings (SSSR count). The number of alkyl halides is 3. The average molecular weight is 385 g/mol. The largest absolute Gasteiger partial charge is 0.417 e. The number of rotatable bonds is 3. The third-order valence-electron chi connectivity index (χ3n) is 4.26. The van der Waals surface area contributed by atoms with E-state index in [1.165, 1.54) is 0 Å². The minimum absolute atomic E-state index is 0.0421. The van der Waals surface area contributed by atoms with Crippen LogP contribution in [0.25, 0.3) is 0 Å². The number of carbonyl (C=O) groups is 1. The van der Waals surface area contributed by atoms with E-state index in [-0.39, 0.29) is 16.8 Å². The van der Waals surface area contributed by atoms with Crippen molar-refractivity contribution in [3.8, 4) is 0 Å². The molecule has 1 aliphatic rings. The highest BCUT2D eigenvalue weighted by Crippen LogP contribution is 2.34. The number of anilines is 2. The second kappa shape index (κ2) is 7.49. The molecule has 1 amide bonds. The van der Waals surface area contributed by atoms with E-state index >= 15 is 0 Å². The Morgan fingerprint density at radius 3 is 2.46 bits per heavy atom. The first-order valence-electron chi connectivity index (χ1n) is 8.03. The molecule has 138 valence electrons. The van der Waals surface area contributed by atoms with Gasteiger partial charge in [-0.1, -0.05) is 11.6 Å². The van der Waals surface area contributed by atoms with Crippen molar-refractivity contribution in [2.75, 3.05) is 23.3 Å². The lowest BCUT2D eigenvalue weighted by Crippen LogP contribution is -2.38. The van der Waals surface area contributed by atoms with Crippen LogP contribution in [0, 0.1) is 5.92 Å². The Bertz CT molecular complexity index is 777. The average Bonchev–Trinajstić information content (AvgIpc) is 2.62. The summed E-state index contributed by atoms with van der Waals surface area (Å²) in [6, 6.07) is 4.30. The summed E-state index contributed by atoms with van der Waals surface area (Å²) in [6.07, 6.45) is 0.621. The first kappa shape index (κ1) is 18.4. The Kier molecular flexibility index (Phi) is 5.31. The molecule has 1 aliphatic heterocycles. The van der Waals surface area contributed by atoms with Crippen LogP contribution in [0.3, 0.4) is 0 Å². The van der Waals surface area contributed by atoms with Crippen LogP contribution in [0.4, 0.5) is 24.7 Å². The lowest BCUT2D eigenvalue weighted by Gasteiger charge is -2.32. The van der Waals surface area contributed by atoms with E-state index in [4.69, 9.17) is 11.6 Å². The smallest absolute Gasteiger partial charge is 0.355 e. The zero-order chi connectivity index (χ0) is 18.7. The molecule has 9 heteroatoms. The number of pyridine rings is 2. The van der Waals surface area contributed by atoms with Gasteiger partial charge < -0.3 is 10.2 Å². The molecule has 0 saturated carbocycles. The Morgan fingerprint density at radius 2 is 1.88 bits per heavy atom. The van der Waals surface area contributed by atoms with Gasteiger partial charge in [-0.05, 0) is 31.0 Å². The molecule has 0 unspecified atom stereocenters. The van der Waals surface area contributed by atoms with E-state index in [2.05, 4.69) is 15.3 Å². The van der Waals surface area contributed by atoms with Crippen molar-refractivity contribution in [3.63, 3.8) is 0 Å². The Morgan fingerprint density at radius 1 is 1.23 bits per heavy atom. The molecule has 0 bridgehead atoms. The van der Waals surface area contributed by atoms with Gasteiger partial charge in [0.25, 0.3) is 0 Å². The number of hydrogen-bond donors (Lipinski definition) is 1. The molecule has 0 spiro atoms. The topological polar surface area (TPSA) is 58.1 Å². The fraction of sp³-hybridized carbons (Fsp3) is 0.353. The number of halogens is 4. The van der Waals surface area contributed by atoms with E-state index < -0.39 is 11.7 Å². The van der Waals surface area contributed by atoms with Crippen LogP contribution in [0.2, 0.25) is 5.02 Å². The van der Waals surface area contributed by atoms with Gasteiger partial charge in [-0.25, -0.2) is 4.98 Å². The van der Waals surface area contributed by atoms with Crippen LogP contribution in [0.15, 0.2) is 36.8 Å². The van der Waals surface area contributed by atoms with Crippen LogP contribution in [0.1, 0.15) is 18.4 Å². The number of hydrogen-bond acceptors (Lipinski definition) is 4. The molecule has 1 N–H and O–H groups in total. The van der Waals surface area contributed by atoms with Crippen molar-refractivity contribution in [2.24, 2.45) is 5.92 Å². The minimum Gasteiger partial charge on any atom is -0.355 e. The summed E-state index contributed by atoms with van der Waals surface area (Å²) in [7, 11) is 0. The van der Waals surface area contributed by atoms with E-state index in [9.17, 15) is 18.0 Å². The number of nitrogens with zero attached hydrogens (tertiary/aromatic N) is 3. The lowest BCUT2D eigenvalue weighted by molar-refractivity contribution is -0.137. The molecule has 1 fully saturated rings. The Balaban J connectivity index is 1.61. The molecule has 0 aliphatic carbocycles. The Hall–Kier alpha value is -2.35. The zero-order valence-electron chi connectivity index (χ0n) is 13.6. The molecular formula is C17H16ClF3N4O. The van der Waals surface area contributed by atoms with Gasteiger partial charge >= 0.3 is 6.18 Å². The molecule has 5 nitrogen and oxygen atoms in total. The van der Waals surface area contributed by atoms with Crippen molar-refractivity contribution in [1.29, 1.82) is 0 Å². The molecule has 2 aromatic heterocycles. The van der Waals surface area contributed by atoms with E-state index in [1.807, 2.05) is 0 Å². The predicted octanol–water partition coefficient (Wildman–Crippen LogP) is 4.00. The van der Waals surface area contributed by atoms with Crippen LogP contribution >= 0.6 is 11.6 Å². The highest BCUT2D eigenvalue weighted by Gasteiger charge is 2.33. The van der Waals surface area contributed by atoms with Crippen molar-refractivity contribution in [1.82, 2.24) is 9.97 Å². The number of amides is 1. The highest BCUT2D eigenvalue weighted by molar-refractivity contribution is 6.33. The lowest BCUT2D eigenvalue weighted by atomic mass is 9.95. The van der Waals surface area contributed by atoms with Gasteiger partial charge in [0.2, 0.25) is 5.91 Å². The maximum absolute atomic E-state index is 12.7. The minimum atomic E-state index is -4.48. The van der Waals surface area contributed by atoms with E-state index in [0.717, 1.165) is 12.3 Å². The van der Waals surface area contributed by atoms with Gasteiger partial charge in [0.05, 0.1) is 10.6 Å². The molecule has 26 heavy (non-hydrogen) atoms. The van der Waals surface area contributed by atoms with Gasteiger partial charge in [-0.2, -0.15) is 13.2 Å². The summed E-state index contributed by atoms with van der Waals surface area (Å²) < 4.78 is 38.1. The summed E-state index contributed by atoms with van der Waals surface area (Å²) in [5.74, 6) is 0.0580. The number of nitrogens with one attached hydrogen (secondary N) is 1. The van der Waals surface area contributed by atoms with Crippen molar-refractivity contribution < 1.29 is 18.0 Å². The van der Waals surface area contributed by atoms with E-state index in [1.54, 1.807) is 29.4 Å². The molecule has 0 radical (unpaired) electrons. The summed E-state index contributed by atoms with van der Waals surface area (Å²) in [4.78, 5) is 21.9. The monoisotopic (exact) mass is 384 g/mol. The van der Waals surface area contributed by atoms with Crippen molar-refractivity contribution in [2.45, 2.75) is 19.0 Å². The summed E-state index contributed by atoms with van der Waals surface area (Å²) in [5.41, 5.74) is -0.197. The second-order valence-corrected chi connectivity index (χ2v) is 6.42. The first-order valence-corrected chi connectivity index (χ1v) is 8.41. The quantitative estimate of drug-likeness (QED) is 0.868. The van der Waals surface area contributed by atoms with Gasteiger partial charge in [0, 0.05) is 43.3 Å². The molecular weight excluding hydrogens is 369 g/mol. The molecule has 1 saturated heterocycles. The standard InChI is InChI=1S/C17H16ClF3N4O/c18-14-9-12(17(19,20)21)10-23-15(14)25-7-3-11(4-8-25)16(26)24-13-1-5-22-6-2-13/h1-2,5-6,9-11H,3-4,7-8H2,(H,22,24,26). The normalized spacial score (nSPS) is 15.8. The fourth-order valence-corrected chi connectivity index (χ4v) is 3.14. The number of aromatic nitrogens is 2. The van der Waals surface area contributed by atoms with Crippen LogP contribution < -0.4 is 10.2 Å². The maximum atomic E-state index is 12.7. The number of carbonyl (C=O) groups excluding carboxylic acids is 1. The SMILES string of the molecule is O=C(Nc1ccncc1)C1CCN(c2ncc(C(F)(F)F)cc2Cl)CC1. The second-order valence-electron chi connectivity index (χ2n) is 6.01. The Labute approximate surface area is 153 Å². The summed E-state index contributed by atoms with van der Waals surface area (Å²) in [6.45, 7) is 0.985. The maximum Gasteiger partial charge on any atom is 0.417 e. The van der Waals surface area contributed by atoms with Crippen LogP contribution in [-0.2, 0) is 11.0 Å². The summed E-state index contributed by atoms with van der Waals surface area (Å²) in [5, 5.41) is 2.80. The molecule has 0 aromatic carbocycles. The van der Waals surface area contributed by atoms with Gasteiger partial charge in [-0.15, -0.1) is 0 Å². The number of piperidine rings is 1. The van der Waals surface area contributed by atoms with Gasteiger partial charge in [0.15, 0.2) is 0 Å². The van der Waals surface area contributed by atoms with Crippen LogP contribution in [0.5, 0.6) is 0 Å². The van der Waals surface area contributed by atoms with Gasteiger partial charge in [-0.3, -0.25) is 9.78 Å². The summed E-state index contributed by atoms with van der Waals surface area (Å²) >= 11 is 5.99.